The van der Waals surface area contributed by atoms with Crippen molar-refractivity contribution in [2.75, 3.05) is 0 Å². The highest BCUT2D eigenvalue weighted by molar-refractivity contribution is 9.08. The molecule has 0 N–H and O–H groups in total. The first-order valence-electron chi connectivity index (χ1n) is 10.9. The van der Waals surface area contributed by atoms with Gasteiger partial charge in [0.15, 0.2) is 5.76 Å². The Labute approximate surface area is 225 Å². The van der Waals surface area contributed by atoms with E-state index in [9.17, 15) is 33.6 Å². The highest BCUT2D eigenvalue weighted by Gasteiger charge is 2.66. The number of ketones is 2. The van der Waals surface area contributed by atoms with Gasteiger partial charge in [0, 0.05) is 9.49 Å². The van der Waals surface area contributed by atoms with E-state index in [4.69, 9.17) is 18.3 Å². The van der Waals surface area contributed by atoms with Gasteiger partial charge in [-0.1, -0.05) is 15.9 Å². The Kier molecular flexibility index (Phi) is 5.95. The topological polar surface area (TPSA) is 171 Å². The average Bonchev–Trinajstić information content (AvgIpc) is 3.42. The molecule has 1 aromatic rings. The Balaban J connectivity index is 1.45. The number of rotatable bonds is 6. The number of carbonyl (C=O) groups is 6. The van der Waals surface area contributed by atoms with E-state index in [1.54, 1.807) is 27.7 Å². The molecule has 0 saturated carbocycles. The third-order valence-electron chi connectivity index (χ3n) is 6.45. The Morgan fingerprint density at radius 3 is 1.70 bits per heavy atom. The first-order valence-corrected chi connectivity index (χ1v) is 13.8. The molecule has 1 aromatic heterocycles. The van der Waals surface area contributed by atoms with Crippen LogP contribution >= 0.6 is 39.5 Å². The van der Waals surface area contributed by atoms with Crippen molar-refractivity contribution >= 4 is 74.8 Å². The molecule has 0 spiro atoms. The fourth-order valence-electron chi connectivity index (χ4n) is 4.76. The largest absolute Gasteiger partial charge is 0.519 e. The zero-order chi connectivity index (χ0) is 27.2. The second-order valence-electron chi connectivity index (χ2n) is 9.69. The van der Waals surface area contributed by atoms with E-state index >= 15 is 0 Å². The lowest BCUT2D eigenvalue weighted by atomic mass is 9.97. The molecular weight excluding hydrogens is 600 g/mol. The number of halogens is 1. The monoisotopic (exact) mass is 618 g/mol. The molecule has 4 aliphatic rings. The Morgan fingerprint density at radius 1 is 0.865 bits per heavy atom. The number of hydrogen-bond acceptors (Lipinski definition) is 13. The van der Waals surface area contributed by atoms with E-state index in [-0.39, 0.29) is 11.1 Å². The molecule has 5 heterocycles. The van der Waals surface area contributed by atoms with Crippen LogP contribution in [-0.4, -0.2) is 77.4 Å². The number of β-lactam (4-membered cyclic amide) rings is 2. The van der Waals surface area contributed by atoms with Crippen molar-refractivity contribution < 1.29 is 47.1 Å². The standard InChI is InChI=1S/C21H19BrN2O11S2/c1-20(2)10(23-12(27)7(25)14(23)36-20)16(29)34-18(9-6(5-22)32-19(31)33-9)35-17(30)11-21(3,4)37-15-8(26)13(28)24(11)15/h10-11,14-15,18H,5H2,1-4H3/t10-,11-,14+,15+/m0/s1. The molecule has 0 aromatic carbocycles. The second-order valence-corrected chi connectivity index (χ2v) is 13.7. The van der Waals surface area contributed by atoms with Crippen molar-refractivity contribution in [2.24, 2.45) is 0 Å². The van der Waals surface area contributed by atoms with E-state index in [0.717, 1.165) is 33.3 Å². The number of amides is 2. The number of Topliss-reactive ketones (excluding diaryl/α,β-unsaturated/α-hetero) is 2. The molecule has 2 amide bonds. The molecule has 13 nitrogen and oxygen atoms in total. The molecule has 0 aliphatic carbocycles. The Morgan fingerprint density at radius 2 is 1.30 bits per heavy atom. The first kappa shape index (κ1) is 26.0. The minimum Gasteiger partial charge on any atom is -0.416 e. The van der Waals surface area contributed by atoms with E-state index in [0.29, 0.717) is 0 Å². The van der Waals surface area contributed by atoms with Gasteiger partial charge < -0.3 is 28.1 Å². The van der Waals surface area contributed by atoms with Gasteiger partial charge in [0.05, 0.1) is 5.33 Å². The van der Waals surface area contributed by atoms with Crippen LogP contribution in [0, 0.1) is 0 Å². The minimum atomic E-state index is -1.93. The van der Waals surface area contributed by atoms with Gasteiger partial charge in [0.2, 0.25) is 5.76 Å². The predicted molar refractivity (Wildman–Crippen MR) is 127 cm³/mol. The molecular formula is C21H19BrN2O11S2. The maximum absolute atomic E-state index is 13.3. The van der Waals surface area contributed by atoms with Crippen molar-refractivity contribution in [1.29, 1.82) is 0 Å². The maximum atomic E-state index is 13.3. The summed E-state index contributed by atoms with van der Waals surface area (Å²) in [6.45, 7) is 6.60. The summed E-state index contributed by atoms with van der Waals surface area (Å²) in [4.78, 5) is 88.9. The van der Waals surface area contributed by atoms with E-state index in [1.165, 1.54) is 0 Å². The highest BCUT2D eigenvalue weighted by Crippen LogP contribution is 2.51. The molecule has 4 aliphatic heterocycles. The van der Waals surface area contributed by atoms with Crippen LogP contribution in [0.25, 0.3) is 0 Å². The van der Waals surface area contributed by atoms with Gasteiger partial charge in [-0.2, -0.15) is 0 Å². The third kappa shape index (κ3) is 3.78. The highest BCUT2D eigenvalue weighted by atomic mass is 79.9. The Bertz CT molecular complexity index is 1260. The fraction of sp³-hybridized carbons (Fsp3) is 0.571. The number of esters is 2. The van der Waals surface area contributed by atoms with Crippen molar-refractivity contribution in [3.63, 3.8) is 0 Å². The summed E-state index contributed by atoms with van der Waals surface area (Å²) in [6, 6.07) is -2.42. The maximum Gasteiger partial charge on any atom is 0.519 e. The average molecular weight is 619 g/mol. The molecule has 0 radical (unpaired) electrons. The van der Waals surface area contributed by atoms with Crippen molar-refractivity contribution in [3.05, 3.63) is 22.1 Å². The lowest BCUT2D eigenvalue weighted by Gasteiger charge is -2.37. The number of thioether (sulfide) groups is 2. The van der Waals surface area contributed by atoms with Crippen LogP contribution in [-0.2, 0) is 43.6 Å². The van der Waals surface area contributed by atoms with E-state index in [2.05, 4.69) is 15.9 Å². The van der Waals surface area contributed by atoms with Crippen LogP contribution in [0.3, 0.4) is 0 Å². The van der Waals surface area contributed by atoms with Crippen LogP contribution < -0.4 is 5.82 Å². The van der Waals surface area contributed by atoms with Crippen molar-refractivity contribution in [2.45, 2.75) is 71.6 Å². The van der Waals surface area contributed by atoms with Crippen LogP contribution in [0.4, 0.5) is 0 Å². The zero-order valence-corrected chi connectivity index (χ0v) is 22.9. The molecule has 4 atom stereocenters. The summed E-state index contributed by atoms with van der Waals surface area (Å²) in [5.41, 5.74) is 0. The number of hydrogen-bond donors (Lipinski definition) is 0. The summed E-state index contributed by atoms with van der Waals surface area (Å²) in [5, 5.41) is -1.75. The van der Waals surface area contributed by atoms with Gasteiger partial charge in [-0.3, -0.25) is 19.2 Å². The first-order chi connectivity index (χ1) is 17.2. The number of fused-ring (bicyclic) bond motifs is 2. The number of nitrogens with zero attached hydrogens (tertiary/aromatic N) is 2. The van der Waals surface area contributed by atoms with Gasteiger partial charge in [-0.25, -0.2) is 14.4 Å². The lowest BCUT2D eigenvalue weighted by Crippen LogP contribution is -2.64. The molecule has 5 rings (SSSR count). The van der Waals surface area contributed by atoms with Gasteiger partial charge in [-0.15, -0.1) is 23.5 Å². The van der Waals surface area contributed by atoms with Gasteiger partial charge >= 0.3 is 24.1 Å². The zero-order valence-electron chi connectivity index (χ0n) is 19.7. The minimum absolute atomic E-state index is 0.0718. The molecule has 4 saturated heterocycles. The Hall–Kier alpha value is -2.59. The molecule has 16 heteroatoms. The summed E-state index contributed by atoms with van der Waals surface area (Å²) in [6.07, 6.45) is -1.93. The van der Waals surface area contributed by atoms with E-state index in [1.807, 2.05) is 0 Å². The third-order valence-corrected chi connectivity index (χ3v) is 9.95. The molecule has 198 valence electrons. The van der Waals surface area contributed by atoms with Gasteiger partial charge in [0.1, 0.15) is 22.8 Å². The van der Waals surface area contributed by atoms with Crippen molar-refractivity contribution in [1.82, 2.24) is 9.80 Å². The summed E-state index contributed by atoms with van der Waals surface area (Å²) in [5.74, 6) is -6.68. The number of ether oxygens (including phenoxy) is 2. The summed E-state index contributed by atoms with van der Waals surface area (Å²) < 4.78 is 19.0. The van der Waals surface area contributed by atoms with Gasteiger partial charge in [-0.05, 0) is 27.7 Å². The summed E-state index contributed by atoms with van der Waals surface area (Å²) in [7, 11) is 0. The quantitative estimate of drug-likeness (QED) is 0.142. The fourth-order valence-corrected chi connectivity index (χ4v) is 8.05. The van der Waals surface area contributed by atoms with Gasteiger partial charge in [0.25, 0.3) is 23.4 Å². The molecule has 0 unspecified atom stereocenters. The van der Waals surface area contributed by atoms with Crippen LogP contribution in [0.15, 0.2) is 13.6 Å². The molecule has 4 fully saturated rings. The smallest absolute Gasteiger partial charge is 0.416 e. The van der Waals surface area contributed by atoms with Crippen LogP contribution in [0.2, 0.25) is 0 Å². The number of alkyl halides is 1. The van der Waals surface area contributed by atoms with Crippen LogP contribution in [0.1, 0.15) is 45.5 Å². The molecule has 37 heavy (non-hydrogen) atoms. The normalized spacial score (nSPS) is 29.1. The van der Waals surface area contributed by atoms with E-state index < -0.39 is 85.5 Å². The van der Waals surface area contributed by atoms with Crippen molar-refractivity contribution in [3.8, 4) is 0 Å². The number of carbonyl (C=O) groups excluding carboxylic acids is 6. The SMILES string of the molecule is CC1(C)S[C@@H]2C(=O)C(=O)N2[C@H]1C(=O)OC(OC(=O)[C@@H]1N2C(=O)C(=O)[C@H]2SC1(C)C)c1oc(=O)oc1CBr. The molecule has 0 bridgehead atoms. The second kappa shape index (κ2) is 8.46. The summed E-state index contributed by atoms with van der Waals surface area (Å²) >= 11 is 5.34. The predicted octanol–water partition coefficient (Wildman–Crippen LogP) is 0.476. The van der Waals surface area contributed by atoms with Crippen LogP contribution in [0.5, 0.6) is 0 Å². The lowest BCUT2D eigenvalue weighted by molar-refractivity contribution is -0.203.